The Kier molecular flexibility index (Phi) is 19.7. The zero-order chi connectivity index (χ0) is 85.3. The monoisotopic (exact) mass is 1690 g/mol. The van der Waals surface area contributed by atoms with Crippen molar-refractivity contribution in [2.75, 3.05) is 0 Å². The van der Waals surface area contributed by atoms with E-state index in [4.69, 9.17) is 48.7 Å². The summed E-state index contributed by atoms with van der Waals surface area (Å²) in [6, 6.07) is 137. The van der Waals surface area contributed by atoms with E-state index in [9.17, 15) is 10.5 Å². The summed E-state index contributed by atoms with van der Waals surface area (Å²) in [6.07, 6.45) is 0. The normalized spacial score (nSPS) is 14.0. The van der Waals surface area contributed by atoms with E-state index in [2.05, 4.69) is 232 Å². The first-order valence-electron chi connectivity index (χ1n) is 42.0. The third kappa shape index (κ3) is 13.6. The van der Waals surface area contributed by atoms with Crippen molar-refractivity contribution in [3.05, 3.63) is 448 Å². The van der Waals surface area contributed by atoms with Gasteiger partial charge in [-0.3, -0.25) is 0 Å². The van der Waals surface area contributed by atoms with Crippen molar-refractivity contribution in [1.29, 1.82) is 10.5 Å². The summed E-state index contributed by atoms with van der Waals surface area (Å²) in [5.41, 5.74) is 25.6. The van der Waals surface area contributed by atoms with E-state index in [-0.39, 0.29) is 0 Å². The number of aromatic nitrogens is 6. The summed E-state index contributed by atoms with van der Waals surface area (Å²) >= 11 is 3.56. The summed E-state index contributed by atoms with van der Waals surface area (Å²) in [6.45, 7) is 8.30. The molecule has 5 heterocycles. The minimum absolute atomic E-state index is 0.434. The van der Waals surface area contributed by atoms with Gasteiger partial charge in [-0.2, -0.15) is 10.5 Å². The number of para-hydroxylation sites is 4. The Bertz CT molecular complexity index is 7220. The first-order valence-corrected chi connectivity index (χ1v) is 42.8. The molecular weight excluding hydrogens is 1610 g/mol. The smallest absolute Gasteiger partial charge is 0.457 e. The topological polar surface area (TPSA) is 162 Å². The van der Waals surface area contributed by atoms with Crippen LogP contribution in [-0.2, 0) is 20.1 Å². The van der Waals surface area contributed by atoms with Crippen LogP contribution in [-0.4, -0.2) is 48.2 Å². The van der Waals surface area contributed by atoms with Crippen molar-refractivity contribution >= 4 is 28.5 Å². The fourth-order valence-electron chi connectivity index (χ4n) is 18.4. The van der Waals surface area contributed by atoms with Crippen molar-refractivity contribution < 1.29 is 18.8 Å². The molecule has 0 unspecified atom stereocenters. The third-order valence-electron chi connectivity index (χ3n) is 25.0. The van der Waals surface area contributed by atoms with Gasteiger partial charge in [0.25, 0.3) is 0 Å². The number of rotatable bonds is 10. The third-order valence-corrected chi connectivity index (χ3v) is 25.5. The molecule has 3 aliphatic heterocycles. The highest BCUT2D eigenvalue weighted by molar-refractivity contribution is 9.10. The molecule has 12 nitrogen and oxygen atoms in total. The van der Waals surface area contributed by atoms with Crippen molar-refractivity contribution in [1.82, 2.24) is 29.9 Å². The molecule has 598 valence electrons. The number of hydrogen-bond acceptors (Lipinski definition) is 12. The molecule has 14 heteroatoms. The van der Waals surface area contributed by atoms with Crippen LogP contribution in [0.2, 0.25) is 0 Å². The van der Waals surface area contributed by atoms with Crippen LogP contribution in [0.5, 0.6) is 23.0 Å². The number of benzene rings is 16. The minimum Gasteiger partial charge on any atom is -0.457 e. The number of halogens is 1. The summed E-state index contributed by atoms with van der Waals surface area (Å²) in [4.78, 5) is 29.3. The van der Waals surface area contributed by atoms with Crippen molar-refractivity contribution in [2.24, 2.45) is 0 Å². The lowest BCUT2D eigenvalue weighted by Gasteiger charge is -2.39. The molecule has 0 radical (unpaired) electrons. The molecule has 0 bridgehead atoms. The number of nitrogens with zero attached hydrogens (tertiary/aromatic N) is 8. The molecule has 0 N–H and O–H groups in total. The summed E-state index contributed by atoms with van der Waals surface area (Å²) in [7, 11) is -0.476. The Balaban J connectivity index is 0.000000123. The largest absolute Gasteiger partial charge is 0.494 e. The lowest BCUT2D eigenvalue weighted by Crippen LogP contribution is -2.41. The molecule has 2 aliphatic carbocycles. The van der Waals surface area contributed by atoms with Gasteiger partial charge < -0.3 is 18.8 Å². The fourth-order valence-corrected chi connectivity index (χ4v) is 18.8. The SMILES string of the molecule is Brc1cccc(-c2cccc(-c3nc(-c4ccccc4)nc(-c4ccccc4)n3)c2)c1.CC1(C)OB(c2ccc3c(c2)C2(c4ccccc4Oc4ccccc42)c2cc(C#N)ccc2-3)OC1(C)C.N#Cc1ccc2c(c1)C1(c3ccccc3Oc3ccccc31)c1cc(-c3cccc(-c4cccc(-c5nc(-c6ccccc6)nc(-c6ccccc6)n5)c4)c3)ccc1-2. The molecular formula is C112H76BBrN8O4. The lowest BCUT2D eigenvalue weighted by atomic mass is 9.64. The van der Waals surface area contributed by atoms with Crippen molar-refractivity contribution in [3.8, 4) is 159 Å². The van der Waals surface area contributed by atoms with Gasteiger partial charge in [0.2, 0.25) is 0 Å². The molecule has 5 aliphatic rings. The van der Waals surface area contributed by atoms with E-state index in [0.717, 1.165) is 161 Å². The van der Waals surface area contributed by atoms with Crippen LogP contribution in [0.15, 0.2) is 393 Å². The van der Waals surface area contributed by atoms with Crippen LogP contribution in [0.3, 0.4) is 0 Å². The maximum absolute atomic E-state index is 10.1. The quantitative estimate of drug-likeness (QED) is 0.119. The molecule has 2 spiro atoms. The van der Waals surface area contributed by atoms with Crippen molar-refractivity contribution in [2.45, 2.75) is 49.7 Å². The van der Waals surface area contributed by atoms with Crippen molar-refractivity contribution in [3.63, 3.8) is 0 Å². The Labute approximate surface area is 739 Å². The number of nitriles is 2. The second kappa shape index (κ2) is 31.8. The average Bonchev–Trinajstić information content (AvgIpc) is 1.52. The number of hydrogen-bond donors (Lipinski definition) is 0. The molecule has 1 fully saturated rings. The predicted molar refractivity (Wildman–Crippen MR) is 503 cm³/mol. The average molecular weight is 1690 g/mol. The van der Waals surface area contributed by atoms with E-state index in [1.54, 1.807) is 0 Å². The Morgan fingerprint density at radius 1 is 0.246 bits per heavy atom. The van der Waals surface area contributed by atoms with Crippen LogP contribution >= 0.6 is 15.9 Å². The molecule has 0 atom stereocenters. The molecule has 16 aromatic carbocycles. The van der Waals surface area contributed by atoms with Gasteiger partial charge in [-0.15, -0.1) is 0 Å². The second-order valence-electron chi connectivity index (χ2n) is 32.9. The van der Waals surface area contributed by atoms with Gasteiger partial charge in [0, 0.05) is 60.1 Å². The highest BCUT2D eigenvalue weighted by Gasteiger charge is 2.56. The number of fused-ring (bicyclic) bond motifs is 18. The highest BCUT2D eigenvalue weighted by atomic mass is 79.9. The van der Waals surface area contributed by atoms with Gasteiger partial charge in [-0.25, -0.2) is 29.9 Å². The van der Waals surface area contributed by atoms with E-state index >= 15 is 0 Å². The van der Waals surface area contributed by atoms with E-state index < -0.39 is 29.2 Å². The van der Waals surface area contributed by atoms with E-state index in [1.165, 1.54) is 5.56 Å². The Hall–Kier alpha value is -15.4. The van der Waals surface area contributed by atoms with Gasteiger partial charge in [0.15, 0.2) is 34.9 Å². The zero-order valence-electron chi connectivity index (χ0n) is 69.1. The van der Waals surface area contributed by atoms with Gasteiger partial charge in [0.05, 0.1) is 45.3 Å². The molecule has 23 rings (SSSR count). The summed E-state index contributed by atoms with van der Waals surface area (Å²) in [5.74, 6) is 7.15. The molecule has 0 saturated carbocycles. The zero-order valence-corrected chi connectivity index (χ0v) is 70.7. The Morgan fingerprint density at radius 3 is 0.873 bits per heavy atom. The maximum Gasteiger partial charge on any atom is 0.494 e. The molecule has 0 amide bonds. The van der Waals surface area contributed by atoms with Crippen LogP contribution in [0.4, 0.5) is 0 Å². The second-order valence-corrected chi connectivity index (χ2v) is 33.8. The minimum atomic E-state index is -0.674. The lowest BCUT2D eigenvalue weighted by molar-refractivity contribution is 0.00578. The van der Waals surface area contributed by atoms with E-state index in [1.807, 2.05) is 212 Å². The van der Waals surface area contributed by atoms with Crippen LogP contribution < -0.4 is 14.9 Å². The molecule has 2 aromatic heterocycles. The van der Waals surface area contributed by atoms with Crippen LogP contribution in [0.1, 0.15) is 83.3 Å². The molecule has 126 heavy (non-hydrogen) atoms. The van der Waals surface area contributed by atoms with Gasteiger partial charge in [0.1, 0.15) is 23.0 Å². The Morgan fingerprint density at radius 2 is 0.516 bits per heavy atom. The highest BCUT2D eigenvalue weighted by Crippen LogP contribution is 2.65. The van der Waals surface area contributed by atoms with Crippen LogP contribution in [0.25, 0.3) is 124 Å². The van der Waals surface area contributed by atoms with E-state index in [0.29, 0.717) is 46.1 Å². The fraction of sp³-hybridized carbons (Fsp3) is 0.0714. The number of ether oxygens (including phenoxy) is 2. The first-order chi connectivity index (χ1) is 61.7. The van der Waals surface area contributed by atoms with Crippen LogP contribution in [0, 0.1) is 22.7 Å². The maximum atomic E-state index is 10.1. The molecule has 1 saturated heterocycles. The van der Waals surface area contributed by atoms with Gasteiger partial charge >= 0.3 is 7.12 Å². The first kappa shape index (κ1) is 77.9. The molecule has 18 aromatic rings. The summed E-state index contributed by atoms with van der Waals surface area (Å²) in [5, 5.41) is 19.9. The van der Waals surface area contributed by atoms with Gasteiger partial charge in [-0.05, 0) is 196 Å². The standard InChI is InChI=1S/C53H32N4O.C32H26BNO3.C27H18BrN3/c54-33-34-25-27-42-43-28-26-40(32-47(43)53(46(42)29-34)44-21-7-9-23-48(44)58-49-24-10-8-22-45(49)53)38-18-11-17-37(30-38)39-19-12-20-41(31-39)52-56-50(35-13-3-1-4-14-35)55-51(57-52)36-15-5-2-6-16-36;1-30(2)31(3,4)37-33(36-30)21-14-16-23-22-15-13-20(19-34)17-26(22)32(27(23)18-21)24-9-5-7-11-28(24)35-29-12-8-6-10-25(29)32;28-24-16-8-14-22(18-24)21-13-7-15-23(17-21)27-30-25(19-9-3-1-4-10-19)29-26(31-27)20-11-5-2-6-12-20/h1-32H;5-18H,1-4H3;1-18H. The van der Waals surface area contributed by atoms with Gasteiger partial charge in [-0.1, -0.05) is 319 Å². The predicted octanol–water partition coefficient (Wildman–Crippen LogP) is 26.2. The summed E-state index contributed by atoms with van der Waals surface area (Å²) < 4.78 is 26.9.